The predicted octanol–water partition coefficient (Wildman–Crippen LogP) is 2.14. The normalized spacial score (nSPS) is 22.3. The van der Waals surface area contributed by atoms with Crippen LogP contribution in [-0.4, -0.2) is 70.7 Å². The molecule has 0 saturated carbocycles. The molecule has 2 bridgehead atoms. The van der Waals surface area contributed by atoms with E-state index in [0.717, 1.165) is 12.1 Å². The summed E-state index contributed by atoms with van der Waals surface area (Å²) in [5.41, 5.74) is -0.497. The number of rotatable bonds is 8. The number of carbonyl (C=O) groups is 2. The SMILES string of the molecule is CSCC[C@H](NC(=O)CC1(c2oc(C)cc(=O)c2O)CCOCC1)C(=O)N1CC2CC(C1)c1cccc(=O)n1C2. The van der Waals surface area contributed by atoms with Crippen LogP contribution in [0.3, 0.4) is 0 Å². The van der Waals surface area contributed by atoms with E-state index in [0.29, 0.717) is 63.6 Å². The molecule has 40 heavy (non-hydrogen) atoms. The third-order valence-electron chi connectivity index (χ3n) is 8.51. The number of pyridine rings is 1. The van der Waals surface area contributed by atoms with Crippen LogP contribution in [0, 0.1) is 12.8 Å². The van der Waals surface area contributed by atoms with Crippen molar-refractivity contribution in [1.82, 2.24) is 14.8 Å². The third-order valence-corrected chi connectivity index (χ3v) is 9.16. The number of thioether (sulfide) groups is 1. The molecule has 2 saturated heterocycles. The van der Waals surface area contributed by atoms with Crippen molar-refractivity contribution < 1.29 is 23.8 Å². The van der Waals surface area contributed by atoms with Crippen molar-refractivity contribution in [3.05, 3.63) is 62.1 Å². The Morgan fingerprint density at radius 2 is 1.98 bits per heavy atom. The number of ether oxygens (including phenoxy) is 1. The van der Waals surface area contributed by atoms with Crippen LogP contribution in [-0.2, 0) is 26.3 Å². The Hall–Kier alpha value is -3.05. The van der Waals surface area contributed by atoms with Crippen LogP contribution in [0.15, 0.2) is 38.3 Å². The Labute approximate surface area is 237 Å². The van der Waals surface area contributed by atoms with Gasteiger partial charge in [0.1, 0.15) is 11.8 Å². The Balaban J connectivity index is 1.34. The van der Waals surface area contributed by atoms with Gasteiger partial charge in [0.05, 0.1) is 0 Å². The summed E-state index contributed by atoms with van der Waals surface area (Å²) in [7, 11) is 0. The fourth-order valence-corrected chi connectivity index (χ4v) is 7.02. The number of nitrogens with zero attached hydrogens (tertiary/aromatic N) is 2. The van der Waals surface area contributed by atoms with Crippen LogP contribution in [0.4, 0.5) is 0 Å². The second-order valence-corrected chi connectivity index (χ2v) is 12.3. The molecule has 5 rings (SSSR count). The molecular weight excluding hydrogens is 534 g/mol. The lowest BCUT2D eigenvalue weighted by Crippen LogP contribution is -2.55. The number of piperidine rings is 1. The number of hydrogen-bond acceptors (Lipinski definition) is 8. The fraction of sp³-hybridized carbons (Fsp3) is 0.586. The number of hydrogen-bond donors (Lipinski definition) is 2. The smallest absolute Gasteiger partial charge is 0.250 e. The van der Waals surface area contributed by atoms with Gasteiger partial charge in [0.25, 0.3) is 5.56 Å². The zero-order valence-corrected chi connectivity index (χ0v) is 23.8. The van der Waals surface area contributed by atoms with Gasteiger partial charge < -0.3 is 29.0 Å². The zero-order valence-electron chi connectivity index (χ0n) is 23.0. The van der Waals surface area contributed by atoms with Crippen molar-refractivity contribution in [1.29, 1.82) is 0 Å². The summed E-state index contributed by atoms with van der Waals surface area (Å²) >= 11 is 1.61. The molecule has 2 unspecified atom stereocenters. The molecule has 3 aliphatic rings. The van der Waals surface area contributed by atoms with E-state index < -0.39 is 22.6 Å². The van der Waals surface area contributed by atoms with E-state index >= 15 is 0 Å². The van der Waals surface area contributed by atoms with Crippen molar-refractivity contribution >= 4 is 23.6 Å². The molecule has 2 aromatic rings. The van der Waals surface area contributed by atoms with Gasteiger partial charge in [-0.2, -0.15) is 11.8 Å². The maximum Gasteiger partial charge on any atom is 0.250 e. The van der Waals surface area contributed by atoms with Gasteiger partial charge in [-0.15, -0.1) is 0 Å². The molecule has 0 radical (unpaired) electrons. The van der Waals surface area contributed by atoms with Crippen LogP contribution in [0.1, 0.15) is 55.2 Å². The minimum absolute atomic E-state index is 0.00499. The number of carbonyl (C=O) groups excluding carboxylic acids is 2. The van der Waals surface area contributed by atoms with Gasteiger partial charge in [-0.25, -0.2) is 0 Å². The summed E-state index contributed by atoms with van der Waals surface area (Å²) < 4.78 is 13.2. The van der Waals surface area contributed by atoms with E-state index in [1.807, 2.05) is 21.8 Å². The summed E-state index contributed by atoms with van der Waals surface area (Å²) in [6, 6.07) is 5.85. The molecule has 3 aliphatic heterocycles. The predicted molar refractivity (Wildman–Crippen MR) is 151 cm³/mol. The van der Waals surface area contributed by atoms with E-state index in [9.17, 15) is 24.3 Å². The number of aromatic nitrogens is 1. The molecule has 216 valence electrons. The quantitative estimate of drug-likeness (QED) is 0.493. The number of fused-ring (bicyclic) bond motifs is 4. The van der Waals surface area contributed by atoms with Crippen molar-refractivity contribution in [2.45, 2.75) is 62.9 Å². The molecule has 2 aromatic heterocycles. The highest BCUT2D eigenvalue weighted by atomic mass is 32.2. The maximum absolute atomic E-state index is 13.8. The summed E-state index contributed by atoms with van der Waals surface area (Å²) in [5, 5.41) is 13.6. The third kappa shape index (κ3) is 5.72. The van der Waals surface area contributed by atoms with Gasteiger partial charge in [-0.05, 0) is 56.6 Å². The second-order valence-electron chi connectivity index (χ2n) is 11.3. The summed E-state index contributed by atoms with van der Waals surface area (Å²) in [6.45, 7) is 4.00. The molecule has 2 amide bonds. The van der Waals surface area contributed by atoms with E-state index in [-0.39, 0.29) is 41.4 Å². The lowest BCUT2D eigenvalue weighted by atomic mass is 9.74. The molecule has 10 nitrogen and oxygen atoms in total. The largest absolute Gasteiger partial charge is 0.502 e. The summed E-state index contributed by atoms with van der Waals surface area (Å²) in [4.78, 5) is 54.0. The minimum Gasteiger partial charge on any atom is -0.502 e. The number of aryl methyl sites for hydroxylation is 1. The van der Waals surface area contributed by atoms with Gasteiger partial charge in [0, 0.05) is 68.4 Å². The molecule has 2 N–H and O–H groups in total. The highest BCUT2D eigenvalue weighted by molar-refractivity contribution is 7.98. The first-order chi connectivity index (χ1) is 19.2. The molecule has 0 aromatic carbocycles. The van der Waals surface area contributed by atoms with Gasteiger partial charge in [-0.3, -0.25) is 19.2 Å². The van der Waals surface area contributed by atoms with Gasteiger partial charge in [-0.1, -0.05) is 6.07 Å². The molecule has 0 spiro atoms. The van der Waals surface area contributed by atoms with Crippen LogP contribution >= 0.6 is 11.8 Å². The Morgan fingerprint density at radius 1 is 1.20 bits per heavy atom. The van der Waals surface area contributed by atoms with Crippen molar-refractivity contribution in [2.24, 2.45) is 5.92 Å². The van der Waals surface area contributed by atoms with Gasteiger partial charge >= 0.3 is 0 Å². The number of nitrogens with one attached hydrogen (secondary N) is 1. The minimum atomic E-state index is -0.913. The first kappa shape index (κ1) is 28.5. The van der Waals surface area contributed by atoms with Crippen molar-refractivity contribution in [3.63, 3.8) is 0 Å². The molecular formula is C29H37N3O7S. The Bertz CT molecular complexity index is 1380. The average Bonchev–Trinajstić information content (AvgIpc) is 2.93. The fourth-order valence-electron chi connectivity index (χ4n) is 6.55. The first-order valence-corrected chi connectivity index (χ1v) is 15.3. The van der Waals surface area contributed by atoms with Crippen molar-refractivity contribution in [3.8, 4) is 5.75 Å². The number of likely N-dealkylation sites (tertiary alicyclic amines) is 1. The lowest BCUT2D eigenvalue weighted by molar-refractivity contribution is -0.139. The van der Waals surface area contributed by atoms with Gasteiger partial charge in [0.15, 0.2) is 5.76 Å². The van der Waals surface area contributed by atoms with Crippen LogP contribution in [0.5, 0.6) is 5.75 Å². The van der Waals surface area contributed by atoms with Crippen LogP contribution in [0.25, 0.3) is 0 Å². The molecule has 3 atom stereocenters. The van der Waals surface area contributed by atoms with Gasteiger partial charge in [0.2, 0.25) is 23.0 Å². The second kappa shape index (κ2) is 11.8. The van der Waals surface area contributed by atoms with E-state index in [1.165, 1.54) is 6.07 Å². The average molecular weight is 572 g/mol. The summed E-state index contributed by atoms with van der Waals surface area (Å²) in [6.07, 6.45) is 4.14. The van der Waals surface area contributed by atoms with E-state index in [2.05, 4.69) is 5.32 Å². The lowest BCUT2D eigenvalue weighted by Gasteiger charge is -2.43. The number of aromatic hydroxyl groups is 1. The summed E-state index contributed by atoms with van der Waals surface area (Å²) in [5.74, 6) is 0.507. The standard InChI is InChI=1S/C29H37N3O7S/c1-18-12-23(33)26(36)27(39-18)29(7-9-38-10-8-29)14-24(34)30-21(6-11-40-2)28(37)31-15-19-13-20(17-31)22-4-3-5-25(35)32(22)16-19/h3-5,12,19-21,36H,6-11,13-17H2,1-2H3,(H,30,34)/t19?,20?,21-/m0/s1. The molecule has 2 fully saturated rings. The zero-order chi connectivity index (χ0) is 28.4. The molecule has 0 aliphatic carbocycles. The molecule has 11 heteroatoms. The highest BCUT2D eigenvalue weighted by Gasteiger charge is 2.43. The van der Waals surface area contributed by atoms with E-state index in [4.69, 9.17) is 9.15 Å². The number of amides is 2. The topological polar surface area (TPSA) is 131 Å². The van der Waals surface area contributed by atoms with Crippen molar-refractivity contribution in [2.75, 3.05) is 38.3 Å². The van der Waals surface area contributed by atoms with Crippen LogP contribution in [0.2, 0.25) is 0 Å². The van der Waals surface area contributed by atoms with E-state index in [1.54, 1.807) is 30.8 Å². The Kier molecular flexibility index (Phi) is 8.42. The van der Waals surface area contributed by atoms with Crippen LogP contribution < -0.4 is 16.3 Å². The molecule has 5 heterocycles. The monoisotopic (exact) mass is 571 g/mol. The Morgan fingerprint density at radius 3 is 2.73 bits per heavy atom. The highest BCUT2D eigenvalue weighted by Crippen LogP contribution is 2.41. The first-order valence-electron chi connectivity index (χ1n) is 13.9. The maximum atomic E-state index is 13.8.